The van der Waals surface area contributed by atoms with E-state index in [2.05, 4.69) is 26.1 Å². The summed E-state index contributed by atoms with van der Waals surface area (Å²) in [5.41, 5.74) is 3.34. The van der Waals surface area contributed by atoms with Gasteiger partial charge in [-0.2, -0.15) is 0 Å². The number of terminal acetylenes is 1. The molecule has 0 unspecified atom stereocenters. The monoisotopic (exact) mass is 453 g/mol. The van der Waals surface area contributed by atoms with Crippen LogP contribution in [-0.2, 0) is 0 Å². The minimum absolute atomic E-state index is 0.0134. The molecule has 7 heteroatoms. The number of hydrogen-bond donors (Lipinski definition) is 1. The number of anilines is 1. The maximum absolute atomic E-state index is 13.1. The van der Waals surface area contributed by atoms with E-state index in [1.807, 2.05) is 53.4 Å². The number of benzene rings is 2. The molecule has 0 radical (unpaired) electrons. The van der Waals surface area contributed by atoms with Crippen molar-refractivity contribution in [3.05, 3.63) is 77.7 Å². The highest BCUT2D eigenvalue weighted by atomic mass is 16.2. The third-order valence-corrected chi connectivity index (χ3v) is 5.84. The van der Waals surface area contributed by atoms with E-state index in [0.717, 1.165) is 31.6 Å². The average Bonchev–Trinajstić information content (AvgIpc) is 2.88. The fourth-order valence-electron chi connectivity index (χ4n) is 3.91. The molecule has 1 aromatic heterocycles. The Labute approximate surface area is 199 Å². The summed E-state index contributed by atoms with van der Waals surface area (Å²) in [7, 11) is 0. The Balaban J connectivity index is 1.49. The zero-order valence-corrected chi connectivity index (χ0v) is 19.2. The number of aryl methyl sites for hydroxylation is 1. The van der Waals surface area contributed by atoms with Crippen LogP contribution in [0.3, 0.4) is 0 Å². The van der Waals surface area contributed by atoms with E-state index < -0.39 is 0 Å². The lowest BCUT2D eigenvalue weighted by Crippen LogP contribution is -2.48. The van der Waals surface area contributed by atoms with Crippen LogP contribution >= 0.6 is 0 Å². The second-order valence-electron chi connectivity index (χ2n) is 8.18. The SMILES string of the molecule is C#CCCN1CCN(C(=O)c2cccc(-c3cnc(C)c(C(=O)Nc4ccccc4)n3)c2)CC1. The van der Waals surface area contributed by atoms with Crippen molar-refractivity contribution >= 4 is 17.5 Å². The maximum Gasteiger partial charge on any atom is 0.276 e. The van der Waals surface area contributed by atoms with Gasteiger partial charge >= 0.3 is 0 Å². The molecule has 3 aromatic rings. The fraction of sp³-hybridized carbons (Fsp3) is 0.259. The number of carbonyl (C=O) groups is 2. The first kappa shape index (κ1) is 23.1. The predicted octanol–water partition coefficient (Wildman–Crippen LogP) is 3.49. The number of piperazine rings is 1. The van der Waals surface area contributed by atoms with E-state index in [1.165, 1.54) is 0 Å². The van der Waals surface area contributed by atoms with Gasteiger partial charge in [0.15, 0.2) is 0 Å². The summed E-state index contributed by atoms with van der Waals surface area (Å²) in [5.74, 6) is 2.33. The van der Waals surface area contributed by atoms with E-state index in [9.17, 15) is 9.59 Å². The third-order valence-electron chi connectivity index (χ3n) is 5.84. The standard InChI is InChI=1S/C27H27N5O2/c1-3-4-13-31-14-16-32(17-15-31)27(34)22-10-8-9-21(18-22)24-19-28-20(2)25(30-24)26(33)29-23-11-6-5-7-12-23/h1,5-12,18-19H,4,13-17H2,2H3,(H,29,33). The first-order valence-corrected chi connectivity index (χ1v) is 11.3. The van der Waals surface area contributed by atoms with Crippen molar-refractivity contribution in [1.82, 2.24) is 19.8 Å². The number of para-hydroxylation sites is 1. The van der Waals surface area contributed by atoms with Crippen molar-refractivity contribution in [2.75, 3.05) is 38.0 Å². The molecule has 1 saturated heterocycles. The van der Waals surface area contributed by atoms with Crippen LogP contribution in [0.2, 0.25) is 0 Å². The molecule has 2 amide bonds. The molecule has 34 heavy (non-hydrogen) atoms. The molecule has 1 N–H and O–H groups in total. The Morgan fingerprint density at radius 1 is 1.06 bits per heavy atom. The van der Waals surface area contributed by atoms with E-state index in [-0.39, 0.29) is 17.5 Å². The molecule has 0 saturated carbocycles. The number of nitrogens with zero attached hydrogens (tertiary/aromatic N) is 4. The molecule has 172 valence electrons. The number of carbonyl (C=O) groups excluding carboxylic acids is 2. The van der Waals surface area contributed by atoms with Crippen LogP contribution in [0.4, 0.5) is 5.69 Å². The van der Waals surface area contributed by atoms with E-state index in [4.69, 9.17) is 6.42 Å². The summed E-state index contributed by atoms with van der Waals surface area (Å²) >= 11 is 0. The van der Waals surface area contributed by atoms with Crippen molar-refractivity contribution in [2.45, 2.75) is 13.3 Å². The van der Waals surface area contributed by atoms with Crippen LogP contribution in [0.25, 0.3) is 11.3 Å². The minimum Gasteiger partial charge on any atom is -0.336 e. The molecular weight excluding hydrogens is 426 g/mol. The van der Waals surface area contributed by atoms with Crippen molar-refractivity contribution in [3.63, 3.8) is 0 Å². The zero-order chi connectivity index (χ0) is 23.9. The van der Waals surface area contributed by atoms with Gasteiger partial charge in [-0.1, -0.05) is 30.3 Å². The Morgan fingerprint density at radius 3 is 2.56 bits per heavy atom. The minimum atomic E-state index is -0.326. The quantitative estimate of drug-likeness (QED) is 0.578. The number of hydrogen-bond acceptors (Lipinski definition) is 5. The van der Waals surface area contributed by atoms with Gasteiger partial charge in [0.05, 0.1) is 17.6 Å². The number of amides is 2. The first-order chi connectivity index (χ1) is 16.5. The largest absolute Gasteiger partial charge is 0.336 e. The van der Waals surface area contributed by atoms with Crippen LogP contribution in [0, 0.1) is 19.3 Å². The van der Waals surface area contributed by atoms with Crippen molar-refractivity contribution in [3.8, 4) is 23.6 Å². The molecule has 2 heterocycles. The summed E-state index contributed by atoms with van der Waals surface area (Å²) in [6.45, 7) is 5.58. The molecule has 4 rings (SSSR count). The smallest absolute Gasteiger partial charge is 0.276 e. The average molecular weight is 454 g/mol. The van der Waals surface area contributed by atoms with Gasteiger partial charge in [0.2, 0.25) is 0 Å². The molecule has 0 bridgehead atoms. The van der Waals surface area contributed by atoms with Gasteiger partial charge in [0.25, 0.3) is 11.8 Å². The zero-order valence-electron chi connectivity index (χ0n) is 19.2. The van der Waals surface area contributed by atoms with Gasteiger partial charge < -0.3 is 10.2 Å². The molecule has 2 aromatic carbocycles. The van der Waals surface area contributed by atoms with Crippen LogP contribution in [0.15, 0.2) is 60.8 Å². The molecule has 1 fully saturated rings. The number of aromatic nitrogens is 2. The van der Waals surface area contributed by atoms with Gasteiger partial charge in [0, 0.05) is 56.0 Å². The number of nitrogens with one attached hydrogen (secondary N) is 1. The van der Waals surface area contributed by atoms with E-state index >= 15 is 0 Å². The summed E-state index contributed by atoms with van der Waals surface area (Å²) in [6, 6.07) is 16.5. The lowest BCUT2D eigenvalue weighted by atomic mass is 10.1. The highest BCUT2D eigenvalue weighted by Crippen LogP contribution is 2.21. The Bertz CT molecular complexity index is 1210. The predicted molar refractivity (Wildman–Crippen MR) is 132 cm³/mol. The summed E-state index contributed by atoms with van der Waals surface area (Å²) in [4.78, 5) is 39.0. The highest BCUT2D eigenvalue weighted by Gasteiger charge is 2.22. The van der Waals surface area contributed by atoms with Gasteiger partial charge in [0.1, 0.15) is 5.69 Å². The lowest BCUT2D eigenvalue weighted by Gasteiger charge is -2.34. The Kier molecular flexibility index (Phi) is 7.31. The Morgan fingerprint density at radius 2 is 1.82 bits per heavy atom. The van der Waals surface area contributed by atoms with Crippen molar-refractivity contribution < 1.29 is 9.59 Å². The van der Waals surface area contributed by atoms with Crippen molar-refractivity contribution in [1.29, 1.82) is 0 Å². The van der Waals surface area contributed by atoms with Gasteiger partial charge in [-0.3, -0.25) is 19.5 Å². The summed E-state index contributed by atoms with van der Waals surface area (Å²) in [6.07, 6.45) is 7.70. The first-order valence-electron chi connectivity index (χ1n) is 11.3. The molecular formula is C27H27N5O2. The second-order valence-corrected chi connectivity index (χ2v) is 8.18. The molecule has 1 aliphatic heterocycles. The maximum atomic E-state index is 13.1. The van der Waals surface area contributed by atoms with Crippen molar-refractivity contribution in [2.24, 2.45) is 0 Å². The normalized spacial score (nSPS) is 13.8. The topological polar surface area (TPSA) is 78.4 Å². The van der Waals surface area contributed by atoms with Gasteiger partial charge in [-0.15, -0.1) is 12.3 Å². The van der Waals surface area contributed by atoms with E-state index in [0.29, 0.717) is 35.7 Å². The van der Waals surface area contributed by atoms with Crippen LogP contribution in [0.5, 0.6) is 0 Å². The fourth-order valence-corrected chi connectivity index (χ4v) is 3.91. The second kappa shape index (κ2) is 10.7. The van der Waals surface area contributed by atoms with Gasteiger partial charge in [-0.25, -0.2) is 4.98 Å². The number of rotatable bonds is 6. The highest BCUT2D eigenvalue weighted by molar-refractivity contribution is 6.03. The molecule has 7 nitrogen and oxygen atoms in total. The van der Waals surface area contributed by atoms with Gasteiger partial charge in [-0.05, 0) is 31.2 Å². The molecule has 0 spiro atoms. The molecule has 0 aliphatic carbocycles. The van der Waals surface area contributed by atoms with Crippen LogP contribution in [0.1, 0.15) is 33.0 Å². The van der Waals surface area contributed by atoms with Crippen LogP contribution < -0.4 is 5.32 Å². The lowest BCUT2D eigenvalue weighted by molar-refractivity contribution is 0.0640. The third kappa shape index (κ3) is 5.48. The molecule has 0 atom stereocenters. The summed E-state index contributed by atoms with van der Waals surface area (Å²) < 4.78 is 0. The summed E-state index contributed by atoms with van der Waals surface area (Å²) in [5, 5.41) is 2.85. The van der Waals surface area contributed by atoms with Crippen LogP contribution in [-0.4, -0.2) is 64.3 Å². The van der Waals surface area contributed by atoms with E-state index in [1.54, 1.807) is 19.2 Å². The Hall–Kier alpha value is -4.02. The molecule has 1 aliphatic rings.